The van der Waals surface area contributed by atoms with Gasteiger partial charge in [0.1, 0.15) is 18.8 Å². The van der Waals surface area contributed by atoms with Gasteiger partial charge in [-0.2, -0.15) is 8.78 Å². The van der Waals surface area contributed by atoms with Crippen LogP contribution in [0.3, 0.4) is 0 Å². The first-order valence-corrected chi connectivity index (χ1v) is 11.9. The number of carbonyl (C=O) groups is 3. The Morgan fingerprint density at radius 2 is 1.81 bits per heavy atom. The van der Waals surface area contributed by atoms with Crippen molar-refractivity contribution >= 4 is 28.0 Å². The first-order chi connectivity index (χ1) is 14.9. The van der Waals surface area contributed by atoms with E-state index in [9.17, 15) is 40.5 Å². The molecule has 4 aliphatic rings. The van der Waals surface area contributed by atoms with Crippen LogP contribution in [-0.2, 0) is 38.7 Å². The van der Waals surface area contributed by atoms with Gasteiger partial charge in [-0.05, 0) is 19.3 Å². The summed E-state index contributed by atoms with van der Waals surface area (Å²) in [6.07, 6.45) is -0.739. The smallest absolute Gasteiger partial charge is 0.368 e. The Morgan fingerprint density at radius 1 is 1.16 bits per heavy atom. The molecule has 32 heavy (non-hydrogen) atoms. The summed E-state index contributed by atoms with van der Waals surface area (Å²) in [5.74, 6) is -5.92. The fraction of sp³-hybridized carbons (Fsp3) is 0.842. The average molecular weight is 483 g/mol. The van der Waals surface area contributed by atoms with Crippen LogP contribution in [0.15, 0.2) is 0 Å². The minimum Gasteiger partial charge on any atom is -0.743 e. The lowest BCUT2D eigenvalue weighted by atomic mass is 9.78. The van der Waals surface area contributed by atoms with Crippen LogP contribution >= 0.6 is 0 Å². The molecule has 3 aliphatic carbocycles. The number of carbonyl (C=O) groups excluding carboxylic acids is 3. The molecule has 1 heterocycles. The maximum absolute atomic E-state index is 13.7. The van der Waals surface area contributed by atoms with E-state index in [4.69, 9.17) is 9.47 Å². The molecule has 2 bridgehead atoms. The van der Waals surface area contributed by atoms with E-state index in [1.54, 1.807) is 0 Å². The second kappa shape index (κ2) is 8.15. The Hall–Kier alpha value is -1.89. The fourth-order valence-corrected chi connectivity index (χ4v) is 5.92. The van der Waals surface area contributed by atoms with Crippen LogP contribution in [0, 0.1) is 29.6 Å². The molecule has 0 aromatic heterocycles. The lowest BCUT2D eigenvalue weighted by molar-refractivity contribution is -0.171. The average Bonchev–Trinajstić information content (AvgIpc) is 3.35. The number of alkyl halides is 3. The van der Waals surface area contributed by atoms with Gasteiger partial charge in [-0.15, -0.1) is 0 Å². The number of rotatable bonds is 7. The second-order valence-electron chi connectivity index (χ2n) is 8.87. The molecule has 0 amide bonds. The third-order valence-electron chi connectivity index (χ3n) is 7.08. The lowest BCUT2D eigenvalue weighted by Crippen LogP contribution is -2.46. The predicted octanol–water partition coefficient (Wildman–Crippen LogP) is 1.31. The van der Waals surface area contributed by atoms with Crippen molar-refractivity contribution in [2.24, 2.45) is 29.6 Å². The summed E-state index contributed by atoms with van der Waals surface area (Å²) in [6, 6.07) is 0. The third kappa shape index (κ3) is 3.76. The molecular formula is C19H22F3O9S-. The molecule has 4 rings (SSSR count). The first-order valence-electron chi connectivity index (χ1n) is 10.5. The molecule has 13 heteroatoms. The van der Waals surface area contributed by atoms with Crippen molar-refractivity contribution in [1.82, 2.24) is 0 Å². The van der Waals surface area contributed by atoms with E-state index in [2.05, 4.69) is 4.74 Å². The Balaban J connectivity index is 1.44. The highest BCUT2D eigenvalue weighted by Gasteiger charge is 2.70. The molecule has 3 saturated carbocycles. The predicted molar refractivity (Wildman–Crippen MR) is 95.4 cm³/mol. The minimum atomic E-state index is -6.31. The molecule has 7 unspecified atom stereocenters. The van der Waals surface area contributed by atoms with Gasteiger partial charge in [0.25, 0.3) is 0 Å². The van der Waals surface area contributed by atoms with Crippen LogP contribution in [0.4, 0.5) is 13.2 Å². The minimum absolute atomic E-state index is 0.287. The molecule has 0 aromatic rings. The Kier molecular flexibility index (Phi) is 5.93. The van der Waals surface area contributed by atoms with Crippen molar-refractivity contribution in [2.75, 3.05) is 6.61 Å². The summed E-state index contributed by atoms with van der Waals surface area (Å²) in [4.78, 5) is 37.4. The van der Waals surface area contributed by atoms with Crippen LogP contribution in [0.25, 0.3) is 0 Å². The molecule has 0 N–H and O–H groups in total. The van der Waals surface area contributed by atoms with Crippen molar-refractivity contribution in [3.05, 3.63) is 0 Å². The van der Waals surface area contributed by atoms with Crippen LogP contribution < -0.4 is 0 Å². The Bertz CT molecular complexity index is 902. The van der Waals surface area contributed by atoms with Gasteiger partial charge < -0.3 is 18.8 Å². The molecule has 9 nitrogen and oxygen atoms in total. The molecule has 7 atom stereocenters. The number of ether oxygens (including phenoxy) is 3. The van der Waals surface area contributed by atoms with E-state index < -0.39 is 81.9 Å². The van der Waals surface area contributed by atoms with Crippen LogP contribution in [0.1, 0.15) is 38.5 Å². The van der Waals surface area contributed by atoms with Gasteiger partial charge >= 0.3 is 23.2 Å². The molecule has 1 aliphatic heterocycles. The van der Waals surface area contributed by atoms with E-state index >= 15 is 0 Å². The Morgan fingerprint density at radius 3 is 2.44 bits per heavy atom. The Labute approximate surface area is 181 Å². The SMILES string of the molecule is O=C(OC1C2CC3C1OC(=O)C3C2C(=O)OCC(F)C(F)(F)S(=O)(=O)[O-])C1CCCCC1. The fourth-order valence-electron chi connectivity index (χ4n) is 5.54. The molecule has 4 fully saturated rings. The number of fused-ring (bicyclic) bond motifs is 1. The zero-order chi connectivity index (χ0) is 23.4. The van der Waals surface area contributed by atoms with Crippen molar-refractivity contribution in [3.8, 4) is 0 Å². The zero-order valence-electron chi connectivity index (χ0n) is 16.8. The van der Waals surface area contributed by atoms with Gasteiger partial charge in [-0.25, -0.2) is 12.8 Å². The largest absolute Gasteiger partial charge is 0.743 e. The van der Waals surface area contributed by atoms with Crippen molar-refractivity contribution < 1.29 is 54.7 Å². The monoisotopic (exact) mass is 483 g/mol. The number of halogens is 3. The highest BCUT2D eigenvalue weighted by Crippen LogP contribution is 2.59. The molecule has 0 radical (unpaired) electrons. The highest BCUT2D eigenvalue weighted by atomic mass is 32.2. The standard InChI is InChI=1S/C19H23F3O9S/c20-11(19(21,22)32(26,27)28)7-29-17(24)12-9-6-10-13(12)18(25)31-15(10)14(9)30-16(23)8-4-2-1-3-5-8/h8-15H,1-7H2,(H,26,27,28)/p-1. The summed E-state index contributed by atoms with van der Waals surface area (Å²) < 4.78 is 87.3. The number of hydrogen-bond acceptors (Lipinski definition) is 9. The summed E-state index contributed by atoms with van der Waals surface area (Å²) in [6.45, 7) is -1.68. The van der Waals surface area contributed by atoms with Crippen molar-refractivity contribution in [2.45, 2.75) is 62.2 Å². The lowest BCUT2D eigenvalue weighted by Gasteiger charge is -2.32. The molecule has 1 saturated heterocycles. The van der Waals surface area contributed by atoms with Gasteiger partial charge in [-0.3, -0.25) is 14.4 Å². The summed E-state index contributed by atoms with van der Waals surface area (Å²) in [5, 5.41) is -5.28. The van der Waals surface area contributed by atoms with E-state index in [-0.39, 0.29) is 5.92 Å². The van der Waals surface area contributed by atoms with Gasteiger partial charge in [0.05, 0.1) is 17.8 Å². The maximum atomic E-state index is 13.7. The molecular weight excluding hydrogens is 461 g/mol. The highest BCUT2D eigenvalue weighted by molar-refractivity contribution is 7.86. The number of esters is 3. The van der Waals surface area contributed by atoms with E-state index in [1.807, 2.05) is 0 Å². The normalized spacial score (nSPS) is 35.4. The molecule has 180 valence electrons. The zero-order valence-corrected chi connectivity index (χ0v) is 17.6. The third-order valence-corrected chi connectivity index (χ3v) is 8.00. The van der Waals surface area contributed by atoms with E-state index in [0.29, 0.717) is 19.3 Å². The number of hydrogen-bond donors (Lipinski definition) is 0. The summed E-state index contributed by atoms with van der Waals surface area (Å²) >= 11 is 0. The van der Waals surface area contributed by atoms with Crippen molar-refractivity contribution in [1.29, 1.82) is 0 Å². The van der Waals surface area contributed by atoms with Gasteiger partial charge in [0.2, 0.25) is 6.17 Å². The van der Waals surface area contributed by atoms with E-state index in [1.165, 1.54) is 0 Å². The van der Waals surface area contributed by atoms with Gasteiger partial charge in [0.15, 0.2) is 10.1 Å². The van der Waals surface area contributed by atoms with Crippen LogP contribution in [-0.4, -0.2) is 61.1 Å². The second-order valence-corrected chi connectivity index (χ2v) is 10.3. The van der Waals surface area contributed by atoms with Gasteiger partial charge in [0, 0.05) is 11.8 Å². The van der Waals surface area contributed by atoms with Crippen molar-refractivity contribution in [3.63, 3.8) is 0 Å². The molecule has 0 spiro atoms. The topological polar surface area (TPSA) is 136 Å². The maximum Gasteiger partial charge on any atom is 0.368 e. The summed E-state index contributed by atoms with van der Waals surface area (Å²) in [7, 11) is -6.31. The summed E-state index contributed by atoms with van der Waals surface area (Å²) in [5.41, 5.74) is 0. The quantitative estimate of drug-likeness (QED) is 0.298. The van der Waals surface area contributed by atoms with Gasteiger partial charge in [-0.1, -0.05) is 19.3 Å². The van der Waals surface area contributed by atoms with Crippen LogP contribution in [0.2, 0.25) is 0 Å². The van der Waals surface area contributed by atoms with Crippen LogP contribution in [0.5, 0.6) is 0 Å². The van der Waals surface area contributed by atoms with E-state index in [0.717, 1.165) is 19.3 Å². The molecule has 0 aromatic carbocycles. The first kappa shape index (κ1) is 23.3.